The topological polar surface area (TPSA) is 50.4 Å². The van der Waals surface area contributed by atoms with E-state index in [-0.39, 0.29) is 11.5 Å². The zero-order valence-electron chi connectivity index (χ0n) is 15.8. The second-order valence-corrected chi connectivity index (χ2v) is 6.80. The van der Waals surface area contributed by atoms with Gasteiger partial charge in [0.1, 0.15) is 0 Å². The van der Waals surface area contributed by atoms with E-state index < -0.39 is 5.41 Å². The lowest BCUT2D eigenvalue weighted by Crippen LogP contribution is -2.49. The van der Waals surface area contributed by atoms with Gasteiger partial charge in [-0.1, -0.05) is 41.5 Å². The van der Waals surface area contributed by atoms with Crippen LogP contribution in [0.15, 0.2) is 0 Å². The molecule has 2 N–H and O–H groups in total. The summed E-state index contributed by atoms with van der Waals surface area (Å²) in [5, 5.41) is 0. The fraction of sp³-hybridized carbons (Fsp3) is 0.944. The van der Waals surface area contributed by atoms with Crippen LogP contribution in [0.25, 0.3) is 0 Å². The van der Waals surface area contributed by atoms with Crippen molar-refractivity contribution in [2.75, 3.05) is 13.7 Å². The van der Waals surface area contributed by atoms with Crippen molar-refractivity contribution in [1.82, 2.24) is 10.9 Å². The second kappa shape index (κ2) is 10.2. The molecular formula is C18H38N2O2. The third kappa shape index (κ3) is 5.88. The molecule has 0 atom stereocenters. The van der Waals surface area contributed by atoms with E-state index in [1.54, 1.807) is 7.05 Å². The van der Waals surface area contributed by atoms with Crippen molar-refractivity contribution in [3.63, 3.8) is 0 Å². The van der Waals surface area contributed by atoms with E-state index in [1.807, 2.05) is 0 Å². The molecule has 4 nitrogen and oxygen atoms in total. The van der Waals surface area contributed by atoms with Crippen LogP contribution in [0.4, 0.5) is 0 Å². The molecule has 0 fully saturated rings. The normalized spacial score (nSPS) is 12.7. The molecule has 132 valence electrons. The van der Waals surface area contributed by atoms with Crippen LogP contribution in [0.3, 0.4) is 0 Å². The predicted molar refractivity (Wildman–Crippen MR) is 93.6 cm³/mol. The number of amides is 1. The largest absolute Gasteiger partial charge is 0.374 e. The van der Waals surface area contributed by atoms with Crippen LogP contribution < -0.4 is 10.9 Å². The first-order valence-electron chi connectivity index (χ1n) is 8.96. The minimum absolute atomic E-state index is 0.0324. The lowest BCUT2D eigenvalue weighted by molar-refractivity contribution is -0.145. The van der Waals surface area contributed by atoms with E-state index in [9.17, 15) is 4.79 Å². The molecule has 4 heteroatoms. The van der Waals surface area contributed by atoms with Gasteiger partial charge in [0.05, 0.1) is 17.6 Å². The molecule has 0 aromatic carbocycles. The molecule has 0 aliphatic heterocycles. The van der Waals surface area contributed by atoms with Crippen molar-refractivity contribution >= 4 is 5.91 Å². The Kier molecular flexibility index (Phi) is 9.94. The number of nitrogens with one attached hydrogen (secondary N) is 2. The Bertz CT molecular complexity index is 308. The summed E-state index contributed by atoms with van der Waals surface area (Å²) in [6.45, 7) is 13.5. The summed E-state index contributed by atoms with van der Waals surface area (Å²) in [5.74, 6) is 0.709. The van der Waals surface area contributed by atoms with Crippen LogP contribution in [0.1, 0.15) is 80.1 Å². The molecule has 0 aromatic heterocycles. The maximum Gasteiger partial charge on any atom is 0.242 e. The van der Waals surface area contributed by atoms with Crippen LogP contribution in [0.5, 0.6) is 0 Å². The molecule has 0 saturated heterocycles. The molecule has 0 saturated carbocycles. The van der Waals surface area contributed by atoms with Gasteiger partial charge in [-0.3, -0.25) is 10.2 Å². The fourth-order valence-electron chi connectivity index (χ4n) is 2.81. The number of hydrazine groups is 1. The van der Waals surface area contributed by atoms with E-state index in [0.29, 0.717) is 12.5 Å². The van der Waals surface area contributed by atoms with E-state index in [0.717, 1.165) is 38.5 Å². The number of hydrogen-bond donors (Lipinski definition) is 2. The first kappa shape index (κ1) is 21.4. The van der Waals surface area contributed by atoms with E-state index in [1.165, 1.54) is 0 Å². The standard InChI is InChI=1S/C18H38N2O2/c1-8-17(9-2,16(21)20-19-7)14-22-18(10-3,11-4)13-12-15(5)6/h15,19H,8-14H2,1-7H3,(H,20,21). The number of ether oxygens (including phenoxy) is 1. The van der Waals surface area contributed by atoms with Gasteiger partial charge in [-0.2, -0.15) is 0 Å². The van der Waals surface area contributed by atoms with Crippen LogP contribution in [-0.2, 0) is 9.53 Å². The van der Waals surface area contributed by atoms with Gasteiger partial charge in [0.2, 0.25) is 5.91 Å². The maximum absolute atomic E-state index is 12.4. The Morgan fingerprint density at radius 3 is 1.95 bits per heavy atom. The van der Waals surface area contributed by atoms with Crippen molar-refractivity contribution < 1.29 is 9.53 Å². The minimum Gasteiger partial charge on any atom is -0.374 e. The van der Waals surface area contributed by atoms with E-state index in [4.69, 9.17) is 4.74 Å². The molecule has 0 aliphatic rings. The Morgan fingerprint density at radius 1 is 1.05 bits per heavy atom. The first-order chi connectivity index (χ1) is 10.3. The van der Waals surface area contributed by atoms with Gasteiger partial charge in [-0.15, -0.1) is 0 Å². The average molecular weight is 315 g/mol. The van der Waals surface area contributed by atoms with Crippen molar-refractivity contribution in [1.29, 1.82) is 0 Å². The Morgan fingerprint density at radius 2 is 1.59 bits per heavy atom. The quantitative estimate of drug-likeness (QED) is 0.534. The molecule has 0 aromatic rings. The van der Waals surface area contributed by atoms with Gasteiger partial charge in [-0.05, 0) is 44.4 Å². The van der Waals surface area contributed by atoms with Gasteiger partial charge < -0.3 is 4.74 Å². The molecule has 0 heterocycles. The molecule has 0 radical (unpaired) electrons. The Hall–Kier alpha value is -0.610. The van der Waals surface area contributed by atoms with E-state index in [2.05, 4.69) is 52.4 Å². The van der Waals surface area contributed by atoms with Gasteiger partial charge in [0, 0.05) is 7.05 Å². The lowest BCUT2D eigenvalue weighted by Gasteiger charge is -2.38. The molecule has 0 bridgehead atoms. The second-order valence-electron chi connectivity index (χ2n) is 6.80. The Balaban J connectivity index is 5.00. The van der Waals surface area contributed by atoms with Crippen LogP contribution in [0, 0.1) is 11.3 Å². The van der Waals surface area contributed by atoms with Gasteiger partial charge in [-0.25, -0.2) is 5.43 Å². The van der Waals surface area contributed by atoms with Crippen LogP contribution in [0.2, 0.25) is 0 Å². The van der Waals surface area contributed by atoms with Crippen LogP contribution >= 0.6 is 0 Å². The first-order valence-corrected chi connectivity index (χ1v) is 8.96. The zero-order valence-corrected chi connectivity index (χ0v) is 15.8. The highest BCUT2D eigenvalue weighted by Crippen LogP contribution is 2.34. The third-order valence-corrected chi connectivity index (χ3v) is 5.19. The van der Waals surface area contributed by atoms with Crippen molar-refractivity contribution in [2.24, 2.45) is 11.3 Å². The molecule has 22 heavy (non-hydrogen) atoms. The molecular weight excluding hydrogens is 276 g/mol. The Labute approximate surface area is 137 Å². The fourth-order valence-corrected chi connectivity index (χ4v) is 2.81. The highest BCUT2D eigenvalue weighted by atomic mass is 16.5. The summed E-state index contributed by atoms with van der Waals surface area (Å²) < 4.78 is 6.40. The van der Waals surface area contributed by atoms with Gasteiger partial charge in [0.15, 0.2) is 0 Å². The van der Waals surface area contributed by atoms with Gasteiger partial charge >= 0.3 is 0 Å². The molecule has 1 amide bonds. The highest BCUT2D eigenvalue weighted by Gasteiger charge is 2.38. The van der Waals surface area contributed by atoms with Crippen molar-refractivity contribution in [3.8, 4) is 0 Å². The van der Waals surface area contributed by atoms with E-state index >= 15 is 0 Å². The smallest absolute Gasteiger partial charge is 0.242 e. The number of hydrogen-bond acceptors (Lipinski definition) is 3. The summed E-state index contributed by atoms with van der Waals surface area (Å²) in [6.07, 6.45) is 5.78. The summed E-state index contributed by atoms with van der Waals surface area (Å²) in [6, 6.07) is 0. The van der Waals surface area contributed by atoms with Gasteiger partial charge in [0.25, 0.3) is 0 Å². The molecule has 0 rings (SSSR count). The number of carbonyl (C=O) groups is 1. The van der Waals surface area contributed by atoms with Crippen LogP contribution in [-0.4, -0.2) is 25.2 Å². The summed E-state index contributed by atoms with van der Waals surface area (Å²) >= 11 is 0. The highest BCUT2D eigenvalue weighted by molar-refractivity contribution is 5.82. The summed E-state index contributed by atoms with van der Waals surface area (Å²) in [4.78, 5) is 12.4. The third-order valence-electron chi connectivity index (χ3n) is 5.19. The summed E-state index contributed by atoms with van der Waals surface area (Å²) in [7, 11) is 1.72. The molecule has 0 aliphatic carbocycles. The number of rotatable bonds is 12. The summed E-state index contributed by atoms with van der Waals surface area (Å²) in [5.41, 5.74) is 4.95. The predicted octanol–water partition coefficient (Wildman–Crippen LogP) is 4.06. The average Bonchev–Trinajstić information content (AvgIpc) is 2.52. The zero-order chi connectivity index (χ0) is 17.2. The number of carbonyl (C=O) groups excluding carboxylic acids is 1. The molecule has 0 spiro atoms. The lowest BCUT2D eigenvalue weighted by atomic mass is 9.81. The van der Waals surface area contributed by atoms with Crippen molar-refractivity contribution in [2.45, 2.75) is 85.7 Å². The SMILES string of the molecule is CCC(CC)(CCC(C)C)OCC(CC)(CC)C(=O)NNC. The minimum atomic E-state index is -0.448. The maximum atomic E-state index is 12.4. The van der Waals surface area contributed by atoms with Crippen molar-refractivity contribution in [3.05, 3.63) is 0 Å². The molecule has 0 unspecified atom stereocenters. The monoisotopic (exact) mass is 314 g/mol.